The fourth-order valence-electron chi connectivity index (χ4n) is 2.47. The van der Waals surface area contributed by atoms with Crippen molar-refractivity contribution >= 4 is 5.91 Å². The average molecular weight is 292 g/mol. The van der Waals surface area contributed by atoms with Gasteiger partial charge in [-0.15, -0.1) is 0 Å². The highest BCUT2D eigenvalue weighted by Crippen LogP contribution is 2.20. The Kier molecular flexibility index (Phi) is 8.01. The van der Waals surface area contributed by atoms with Crippen LogP contribution in [-0.2, 0) is 17.9 Å². The molecule has 1 rings (SSSR count). The van der Waals surface area contributed by atoms with Crippen LogP contribution in [0.3, 0.4) is 0 Å². The molecule has 0 aliphatic rings. The zero-order valence-corrected chi connectivity index (χ0v) is 13.1. The second kappa shape index (κ2) is 9.53. The van der Waals surface area contributed by atoms with Gasteiger partial charge < -0.3 is 16.2 Å². The molecule has 4 nitrogen and oxygen atoms in total. The van der Waals surface area contributed by atoms with Gasteiger partial charge in [-0.1, -0.05) is 38.1 Å². The highest BCUT2D eigenvalue weighted by Gasteiger charge is 2.14. The Balaban J connectivity index is 2.36. The van der Waals surface area contributed by atoms with Crippen molar-refractivity contribution in [2.75, 3.05) is 6.54 Å². The molecular weight excluding hydrogens is 264 g/mol. The summed E-state index contributed by atoms with van der Waals surface area (Å²) in [6.45, 7) is 5.57. The summed E-state index contributed by atoms with van der Waals surface area (Å²) in [4.78, 5) is 11.9. The van der Waals surface area contributed by atoms with Crippen molar-refractivity contribution in [3.05, 3.63) is 35.4 Å². The number of amides is 1. The van der Waals surface area contributed by atoms with Crippen LogP contribution in [0.1, 0.15) is 44.2 Å². The van der Waals surface area contributed by atoms with E-state index in [2.05, 4.69) is 19.2 Å². The monoisotopic (exact) mass is 292 g/mol. The van der Waals surface area contributed by atoms with E-state index in [-0.39, 0.29) is 12.5 Å². The molecule has 4 heteroatoms. The van der Waals surface area contributed by atoms with Crippen LogP contribution >= 0.6 is 0 Å². The van der Waals surface area contributed by atoms with Gasteiger partial charge in [-0.3, -0.25) is 4.79 Å². The van der Waals surface area contributed by atoms with Gasteiger partial charge in [0.15, 0.2) is 0 Å². The quantitative estimate of drug-likeness (QED) is 0.653. The van der Waals surface area contributed by atoms with Crippen LogP contribution in [0.5, 0.6) is 0 Å². The lowest BCUT2D eigenvalue weighted by atomic mass is 9.88. The van der Waals surface area contributed by atoms with Crippen molar-refractivity contribution < 1.29 is 9.90 Å². The zero-order valence-electron chi connectivity index (χ0n) is 13.1. The van der Waals surface area contributed by atoms with Crippen LogP contribution in [0.15, 0.2) is 24.3 Å². The molecule has 1 aromatic rings. The summed E-state index contributed by atoms with van der Waals surface area (Å²) in [5, 5.41) is 12.0. The Labute approximate surface area is 127 Å². The molecule has 0 saturated carbocycles. The molecule has 4 N–H and O–H groups in total. The van der Waals surface area contributed by atoms with E-state index in [1.807, 2.05) is 24.3 Å². The van der Waals surface area contributed by atoms with Crippen LogP contribution in [0, 0.1) is 11.8 Å². The van der Waals surface area contributed by atoms with Gasteiger partial charge in [-0.25, -0.2) is 0 Å². The van der Waals surface area contributed by atoms with E-state index < -0.39 is 0 Å². The molecule has 0 fully saturated rings. The molecule has 0 aliphatic carbocycles. The number of carbonyl (C=O) groups is 1. The third-order valence-corrected chi connectivity index (χ3v) is 3.89. The molecule has 0 saturated heterocycles. The third-order valence-electron chi connectivity index (χ3n) is 3.89. The summed E-state index contributed by atoms with van der Waals surface area (Å²) in [6.07, 6.45) is 2.41. The first kappa shape index (κ1) is 17.7. The molecular formula is C17H28N2O2. The molecule has 118 valence electrons. The molecule has 1 amide bonds. The molecule has 0 radical (unpaired) electrons. The topological polar surface area (TPSA) is 75.4 Å². The summed E-state index contributed by atoms with van der Waals surface area (Å²) in [5.41, 5.74) is 7.49. The number of aliphatic hydroxyl groups excluding tert-OH is 1. The Morgan fingerprint density at radius 1 is 1.29 bits per heavy atom. The molecule has 21 heavy (non-hydrogen) atoms. The van der Waals surface area contributed by atoms with E-state index in [0.29, 0.717) is 31.3 Å². The maximum atomic E-state index is 11.9. The molecule has 1 atom stereocenters. The normalized spacial score (nSPS) is 12.4. The fourth-order valence-corrected chi connectivity index (χ4v) is 2.47. The van der Waals surface area contributed by atoms with Crippen molar-refractivity contribution in [3.63, 3.8) is 0 Å². The number of carbonyl (C=O) groups excluding carboxylic acids is 1. The lowest BCUT2D eigenvalue weighted by Gasteiger charge is -2.19. The molecule has 0 bridgehead atoms. The number of hydrogen-bond acceptors (Lipinski definition) is 3. The average Bonchev–Trinajstić information content (AvgIpc) is 2.49. The molecule has 0 aromatic heterocycles. The highest BCUT2D eigenvalue weighted by atomic mass is 16.3. The van der Waals surface area contributed by atoms with Crippen molar-refractivity contribution in [1.29, 1.82) is 0 Å². The van der Waals surface area contributed by atoms with E-state index >= 15 is 0 Å². The molecule has 1 unspecified atom stereocenters. The van der Waals surface area contributed by atoms with Gasteiger partial charge in [0.2, 0.25) is 5.91 Å². The number of rotatable bonds is 9. The number of nitrogens with two attached hydrogens (primary N) is 1. The summed E-state index contributed by atoms with van der Waals surface area (Å²) in [5.74, 6) is 1.15. The van der Waals surface area contributed by atoms with Crippen molar-refractivity contribution in [2.24, 2.45) is 17.6 Å². The van der Waals surface area contributed by atoms with Crippen LogP contribution in [-0.4, -0.2) is 17.6 Å². The smallest absolute Gasteiger partial charge is 0.220 e. The van der Waals surface area contributed by atoms with E-state index in [4.69, 9.17) is 10.8 Å². The summed E-state index contributed by atoms with van der Waals surface area (Å²) in [7, 11) is 0. The van der Waals surface area contributed by atoms with Crippen LogP contribution in [0.25, 0.3) is 0 Å². The first-order valence-electron chi connectivity index (χ1n) is 7.72. The Morgan fingerprint density at radius 3 is 2.62 bits per heavy atom. The predicted molar refractivity (Wildman–Crippen MR) is 85.4 cm³/mol. The summed E-state index contributed by atoms with van der Waals surface area (Å²) >= 11 is 0. The maximum Gasteiger partial charge on any atom is 0.220 e. The van der Waals surface area contributed by atoms with Gasteiger partial charge in [-0.2, -0.15) is 0 Å². The Morgan fingerprint density at radius 2 is 2.00 bits per heavy atom. The van der Waals surface area contributed by atoms with Crippen molar-refractivity contribution in [1.82, 2.24) is 5.32 Å². The van der Waals surface area contributed by atoms with Crippen molar-refractivity contribution in [3.8, 4) is 0 Å². The van der Waals surface area contributed by atoms with E-state index in [0.717, 1.165) is 24.0 Å². The van der Waals surface area contributed by atoms with Gasteiger partial charge in [-0.05, 0) is 42.3 Å². The van der Waals surface area contributed by atoms with Crippen LogP contribution < -0.4 is 11.1 Å². The molecule has 0 spiro atoms. The predicted octanol–water partition coefficient (Wildman–Crippen LogP) is 2.20. The molecule has 1 aromatic carbocycles. The number of benzene rings is 1. The van der Waals surface area contributed by atoms with Crippen molar-refractivity contribution in [2.45, 2.75) is 46.3 Å². The first-order valence-corrected chi connectivity index (χ1v) is 7.72. The highest BCUT2D eigenvalue weighted by molar-refractivity contribution is 5.75. The second-order valence-corrected chi connectivity index (χ2v) is 5.87. The van der Waals surface area contributed by atoms with Crippen LogP contribution in [0.4, 0.5) is 0 Å². The lowest BCUT2D eigenvalue weighted by molar-refractivity contribution is -0.121. The Bertz CT molecular complexity index is 433. The second-order valence-electron chi connectivity index (χ2n) is 5.87. The number of aliphatic hydroxyl groups is 1. The zero-order chi connectivity index (χ0) is 15.7. The van der Waals surface area contributed by atoms with Gasteiger partial charge in [0.25, 0.3) is 0 Å². The van der Waals surface area contributed by atoms with E-state index in [1.165, 1.54) is 0 Å². The minimum atomic E-state index is 0.0247. The fraction of sp³-hybridized carbons (Fsp3) is 0.588. The van der Waals surface area contributed by atoms with Crippen LogP contribution in [0.2, 0.25) is 0 Å². The largest absolute Gasteiger partial charge is 0.392 e. The SMILES string of the molecule is CC(C)C(CCN)CCC(=O)NCc1cccc(CO)c1. The minimum absolute atomic E-state index is 0.0247. The Hall–Kier alpha value is -1.39. The molecule has 0 heterocycles. The van der Waals surface area contributed by atoms with E-state index in [1.54, 1.807) is 0 Å². The van der Waals surface area contributed by atoms with Gasteiger partial charge in [0.05, 0.1) is 6.61 Å². The standard InChI is InChI=1S/C17H28N2O2/c1-13(2)16(8-9-18)6-7-17(21)19-11-14-4-3-5-15(10-14)12-20/h3-5,10,13,16,20H,6-9,11-12,18H2,1-2H3,(H,19,21). The molecule has 0 aliphatic heterocycles. The van der Waals surface area contributed by atoms with Gasteiger partial charge in [0, 0.05) is 13.0 Å². The van der Waals surface area contributed by atoms with E-state index in [9.17, 15) is 4.79 Å². The third kappa shape index (κ3) is 6.74. The summed E-state index contributed by atoms with van der Waals surface area (Å²) in [6, 6.07) is 7.62. The lowest BCUT2D eigenvalue weighted by Crippen LogP contribution is -2.24. The first-order chi connectivity index (χ1) is 10.1. The minimum Gasteiger partial charge on any atom is -0.392 e. The number of hydrogen-bond donors (Lipinski definition) is 3. The summed E-state index contributed by atoms with van der Waals surface area (Å²) < 4.78 is 0. The maximum absolute atomic E-state index is 11.9. The van der Waals surface area contributed by atoms with Gasteiger partial charge in [0.1, 0.15) is 0 Å². The number of nitrogens with one attached hydrogen (secondary N) is 1. The van der Waals surface area contributed by atoms with Gasteiger partial charge >= 0.3 is 0 Å².